The van der Waals surface area contributed by atoms with Crippen molar-refractivity contribution < 1.29 is 4.79 Å². The van der Waals surface area contributed by atoms with Crippen LogP contribution >= 0.6 is 0 Å². The van der Waals surface area contributed by atoms with Crippen LogP contribution in [0.15, 0.2) is 30.3 Å². The molecule has 0 radical (unpaired) electrons. The van der Waals surface area contributed by atoms with Gasteiger partial charge in [-0.25, -0.2) is 0 Å². The van der Waals surface area contributed by atoms with Crippen LogP contribution in [0.4, 0.5) is 5.69 Å². The number of carbonyl (C=O) groups is 1. The van der Waals surface area contributed by atoms with Gasteiger partial charge < -0.3 is 15.1 Å². The zero-order valence-electron chi connectivity index (χ0n) is 14.8. The highest BCUT2D eigenvalue weighted by Crippen LogP contribution is 2.24. The zero-order valence-corrected chi connectivity index (χ0v) is 14.8. The van der Waals surface area contributed by atoms with E-state index in [4.69, 9.17) is 0 Å². The van der Waals surface area contributed by atoms with Gasteiger partial charge in [0.2, 0.25) is 5.91 Å². The smallest absolute Gasteiger partial charge is 0.227 e. The summed E-state index contributed by atoms with van der Waals surface area (Å²) < 4.78 is 0. The van der Waals surface area contributed by atoms with E-state index in [0.29, 0.717) is 18.3 Å². The Morgan fingerprint density at radius 3 is 2.61 bits per heavy atom. The van der Waals surface area contributed by atoms with Crippen molar-refractivity contribution in [3.63, 3.8) is 0 Å². The van der Waals surface area contributed by atoms with Gasteiger partial charge in [0.25, 0.3) is 0 Å². The molecule has 1 aromatic carbocycles. The maximum Gasteiger partial charge on any atom is 0.227 e. The Hall–Kier alpha value is -1.39. The molecule has 1 fully saturated rings. The topological polar surface area (TPSA) is 35.6 Å². The minimum Gasteiger partial charge on any atom is -0.316 e. The second kappa shape index (κ2) is 9.04. The van der Waals surface area contributed by atoms with Crippen molar-refractivity contribution in [2.45, 2.75) is 26.2 Å². The van der Waals surface area contributed by atoms with E-state index < -0.39 is 0 Å². The number of likely N-dealkylation sites (N-methyl/N-ethyl adjacent to an activating group) is 1. The first-order valence-electron chi connectivity index (χ1n) is 8.78. The third kappa shape index (κ3) is 5.63. The molecule has 1 saturated heterocycles. The summed E-state index contributed by atoms with van der Waals surface area (Å²) in [6.07, 6.45) is 3.10. The normalized spacial score (nSPS) is 19.6. The molecular formula is C19H31N3O. The van der Waals surface area contributed by atoms with E-state index in [1.54, 1.807) is 0 Å². The molecule has 4 nitrogen and oxygen atoms in total. The van der Waals surface area contributed by atoms with Gasteiger partial charge in [0.15, 0.2) is 0 Å². The number of hydrogen-bond acceptors (Lipinski definition) is 3. The minimum atomic E-state index is 0.246. The minimum absolute atomic E-state index is 0.246. The highest BCUT2D eigenvalue weighted by atomic mass is 16.2. The quantitative estimate of drug-likeness (QED) is 0.840. The molecule has 2 unspecified atom stereocenters. The van der Waals surface area contributed by atoms with E-state index in [9.17, 15) is 4.79 Å². The van der Waals surface area contributed by atoms with E-state index in [1.807, 2.05) is 49.3 Å². The maximum absolute atomic E-state index is 12.9. The predicted octanol–water partition coefficient (Wildman–Crippen LogP) is 2.61. The van der Waals surface area contributed by atoms with Crippen LogP contribution in [0.1, 0.15) is 26.2 Å². The molecule has 1 heterocycles. The van der Waals surface area contributed by atoms with Crippen molar-refractivity contribution in [3.8, 4) is 0 Å². The Morgan fingerprint density at radius 2 is 2.00 bits per heavy atom. The lowest BCUT2D eigenvalue weighted by molar-refractivity contribution is -0.119. The van der Waals surface area contributed by atoms with Crippen LogP contribution in [-0.4, -0.2) is 51.1 Å². The highest BCUT2D eigenvalue weighted by molar-refractivity contribution is 5.93. The van der Waals surface area contributed by atoms with E-state index >= 15 is 0 Å². The molecule has 0 saturated carbocycles. The van der Waals surface area contributed by atoms with E-state index in [1.165, 1.54) is 12.8 Å². The van der Waals surface area contributed by atoms with Crippen molar-refractivity contribution in [2.75, 3.05) is 45.2 Å². The summed E-state index contributed by atoms with van der Waals surface area (Å²) in [6, 6.07) is 10.1. The SMILES string of the molecule is CC(CC(=O)N(CCN(C)C)c1ccccc1)C1CCCNC1. The molecule has 23 heavy (non-hydrogen) atoms. The summed E-state index contributed by atoms with van der Waals surface area (Å²) in [4.78, 5) is 17.0. The first kappa shape index (κ1) is 18.0. The molecule has 1 aromatic rings. The van der Waals surface area contributed by atoms with Gasteiger partial charge in [0.1, 0.15) is 0 Å². The van der Waals surface area contributed by atoms with Crippen LogP contribution in [0.5, 0.6) is 0 Å². The lowest BCUT2D eigenvalue weighted by Gasteiger charge is -2.30. The summed E-state index contributed by atoms with van der Waals surface area (Å²) in [5.74, 6) is 1.30. The van der Waals surface area contributed by atoms with E-state index in [0.717, 1.165) is 31.9 Å². The number of rotatable bonds is 7. The average Bonchev–Trinajstić information content (AvgIpc) is 2.56. The van der Waals surface area contributed by atoms with Crippen LogP contribution in [0.3, 0.4) is 0 Å². The molecule has 1 aliphatic heterocycles. The van der Waals surface area contributed by atoms with Gasteiger partial charge in [-0.15, -0.1) is 0 Å². The molecule has 4 heteroatoms. The molecule has 2 rings (SSSR count). The summed E-state index contributed by atoms with van der Waals surface area (Å²) in [5, 5.41) is 3.46. The Balaban J connectivity index is 2.00. The van der Waals surface area contributed by atoms with Crippen LogP contribution in [0.2, 0.25) is 0 Å². The number of hydrogen-bond donors (Lipinski definition) is 1. The molecule has 1 aliphatic rings. The Morgan fingerprint density at radius 1 is 1.26 bits per heavy atom. The fourth-order valence-electron chi connectivity index (χ4n) is 3.22. The predicted molar refractivity (Wildman–Crippen MR) is 96.7 cm³/mol. The van der Waals surface area contributed by atoms with Crippen LogP contribution in [-0.2, 0) is 4.79 Å². The van der Waals surface area contributed by atoms with E-state index in [2.05, 4.69) is 17.1 Å². The monoisotopic (exact) mass is 317 g/mol. The fraction of sp³-hybridized carbons (Fsp3) is 0.632. The summed E-state index contributed by atoms with van der Waals surface area (Å²) in [5.41, 5.74) is 1.01. The maximum atomic E-state index is 12.9. The molecule has 0 aromatic heterocycles. The highest BCUT2D eigenvalue weighted by Gasteiger charge is 2.25. The molecular weight excluding hydrogens is 286 g/mol. The Kier molecular flexibility index (Phi) is 7.06. The van der Waals surface area contributed by atoms with Gasteiger partial charge in [-0.3, -0.25) is 4.79 Å². The average molecular weight is 317 g/mol. The molecule has 0 bridgehead atoms. The Bertz CT molecular complexity index is 469. The van der Waals surface area contributed by atoms with E-state index in [-0.39, 0.29) is 5.91 Å². The number of carbonyl (C=O) groups excluding carboxylic acids is 1. The number of nitrogens with zero attached hydrogens (tertiary/aromatic N) is 2. The molecule has 2 atom stereocenters. The van der Waals surface area contributed by atoms with Gasteiger partial charge in [-0.1, -0.05) is 25.1 Å². The van der Waals surface area contributed by atoms with Gasteiger partial charge in [-0.2, -0.15) is 0 Å². The number of para-hydroxylation sites is 1. The molecule has 0 aliphatic carbocycles. The third-order valence-electron chi connectivity index (χ3n) is 4.78. The molecule has 1 amide bonds. The number of anilines is 1. The fourth-order valence-corrected chi connectivity index (χ4v) is 3.22. The largest absolute Gasteiger partial charge is 0.316 e. The van der Waals surface area contributed by atoms with Crippen LogP contribution < -0.4 is 10.2 Å². The summed E-state index contributed by atoms with van der Waals surface area (Å²) in [6.45, 7) is 6.02. The van der Waals surface area contributed by atoms with Gasteiger partial charge in [0.05, 0.1) is 0 Å². The van der Waals surface area contributed by atoms with Gasteiger partial charge in [-0.05, 0) is 64.0 Å². The van der Waals surface area contributed by atoms with Crippen molar-refractivity contribution in [2.24, 2.45) is 11.8 Å². The van der Waals surface area contributed by atoms with Crippen LogP contribution in [0, 0.1) is 11.8 Å². The number of amides is 1. The van der Waals surface area contributed by atoms with Crippen molar-refractivity contribution in [1.29, 1.82) is 0 Å². The van der Waals surface area contributed by atoms with Crippen molar-refractivity contribution >= 4 is 11.6 Å². The first-order valence-corrected chi connectivity index (χ1v) is 8.78. The Labute approximate surface area is 140 Å². The first-order chi connectivity index (χ1) is 11.1. The standard InChI is InChI=1S/C19H31N3O/c1-16(17-8-7-11-20-15-17)14-19(23)22(13-12-21(2)3)18-9-5-4-6-10-18/h4-6,9-10,16-17,20H,7-8,11-15H2,1-3H3. The number of piperidine rings is 1. The molecule has 128 valence electrons. The zero-order chi connectivity index (χ0) is 16.7. The molecule has 1 N–H and O–H groups in total. The summed E-state index contributed by atoms with van der Waals surface area (Å²) in [7, 11) is 4.09. The summed E-state index contributed by atoms with van der Waals surface area (Å²) >= 11 is 0. The third-order valence-corrected chi connectivity index (χ3v) is 4.78. The molecule has 0 spiro atoms. The van der Waals surface area contributed by atoms with Crippen molar-refractivity contribution in [3.05, 3.63) is 30.3 Å². The van der Waals surface area contributed by atoms with Gasteiger partial charge >= 0.3 is 0 Å². The second-order valence-electron chi connectivity index (χ2n) is 6.97. The van der Waals surface area contributed by atoms with Crippen molar-refractivity contribution in [1.82, 2.24) is 10.2 Å². The van der Waals surface area contributed by atoms with Crippen LogP contribution in [0.25, 0.3) is 0 Å². The second-order valence-corrected chi connectivity index (χ2v) is 6.97. The lowest BCUT2D eigenvalue weighted by Crippen LogP contribution is -2.39. The lowest BCUT2D eigenvalue weighted by atomic mass is 9.85. The number of benzene rings is 1. The number of nitrogens with one attached hydrogen (secondary N) is 1. The van der Waals surface area contributed by atoms with Gasteiger partial charge in [0, 0.05) is 25.2 Å².